The first-order valence-corrected chi connectivity index (χ1v) is 12.5. The van der Waals surface area contributed by atoms with Crippen LogP contribution in [0.15, 0.2) is 23.8 Å². The molecule has 1 heterocycles. The first-order chi connectivity index (χ1) is 14.0. The van der Waals surface area contributed by atoms with Gasteiger partial charge in [-0.2, -0.15) is 0 Å². The molecule has 0 aromatic heterocycles. The zero-order valence-electron chi connectivity index (χ0n) is 19.0. The van der Waals surface area contributed by atoms with Gasteiger partial charge in [0.05, 0.1) is 11.7 Å². The van der Waals surface area contributed by atoms with E-state index in [4.69, 9.17) is 0 Å². The molecule has 0 aromatic carbocycles. The molecule has 166 valence electrons. The van der Waals surface area contributed by atoms with Gasteiger partial charge in [0, 0.05) is 5.92 Å². The van der Waals surface area contributed by atoms with Gasteiger partial charge in [-0.25, -0.2) is 0 Å². The minimum atomic E-state index is -0.608. The maximum absolute atomic E-state index is 10.6. The smallest absolute Gasteiger partial charge is 0.0654 e. The van der Waals surface area contributed by atoms with E-state index in [1.807, 2.05) is 6.92 Å². The summed E-state index contributed by atoms with van der Waals surface area (Å²) in [6, 6.07) is 0. The van der Waals surface area contributed by atoms with E-state index in [-0.39, 0.29) is 12.0 Å². The summed E-state index contributed by atoms with van der Waals surface area (Å²) in [5.74, 6) is 1.42. The maximum atomic E-state index is 10.6. The second kappa shape index (κ2) is 11.1. The number of piperidine rings is 1. The van der Waals surface area contributed by atoms with Crippen LogP contribution in [0, 0.1) is 17.8 Å². The monoisotopic (exact) mass is 403 g/mol. The van der Waals surface area contributed by atoms with Gasteiger partial charge in [0.25, 0.3) is 0 Å². The number of nitrogens with zero attached hydrogens (tertiary/aromatic N) is 1. The molecule has 2 fully saturated rings. The third kappa shape index (κ3) is 6.94. The Morgan fingerprint density at radius 2 is 1.97 bits per heavy atom. The van der Waals surface area contributed by atoms with Crippen LogP contribution in [0.2, 0.25) is 0 Å². The Morgan fingerprint density at radius 1 is 1.17 bits per heavy atom. The third-order valence-electron chi connectivity index (χ3n) is 7.61. The number of rotatable bonds is 11. The van der Waals surface area contributed by atoms with Crippen LogP contribution >= 0.6 is 0 Å². The predicted octanol–water partition coefficient (Wildman–Crippen LogP) is 5.47. The van der Waals surface area contributed by atoms with E-state index in [0.717, 1.165) is 25.7 Å². The van der Waals surface area contributed by atoms with Crippen molar-refractivity contribution in [1.82, 2.24) is 4.90 Å². The molecule has 3 rings (SSSR count). The van der Waals surface area contributed by atoms with Crippen molar-refractivity contribution < 1.29 is 10.2 Å². The molecule has 0 bridgehead atoms. The number of aliphatic hydroxyl groups is 2. The van der Waals surface area contributed by atoms with Crippen LogP contribution in [-0.4, -0.2) is 46.5 Å². The summed E-state index contributed by atoms with van der Waals surface area (Å²) in [5.41, 5.74) is 1.03. The summed E-state index contributed by atoms with van der Waals surface area (Å²) in [5, 5.41) is 21.1. The molecule has 3 nitrogen and oxygen atoms in total. The molecule has 2 aliphatic carbocycles. The average Bonchev–Trinajstić information content (AvgIpc) is 3.22. The quantitative estimate of drug-likeness (QED) is 0.355. The van der Waals surface area contributed by atoms with Gasteiger partial charge in [0.1, 0.15) is 0 Å². The number of unbranched alkanes of at least 4 members (excludes halogenated alkanes) is 2. The van der Waals surface area contributed by atoms with Gasteiger partial charge in [0.15, 0.2) is 0 Å². The van der Waals surface area contributed by atoms with Crippen molar-refractivity contribution in [2.45, 2.75) is 103 Å². The molecule has 0 amide bonds. The number of hydrogen-bond acceptors (Lipinski definition) is 3. The van der Waals surface area contributed by atoms with Crippen molar-refractivity contribution in [3.63, 3.8) is 0 Å². The van der Waals surface area contributed by atoms with Crippen molar-refractivity contribution >= 4 is 0 Å². The van der Waals surface area contributed by atoms with E-state index in [1.165, 1.54) is 64.6 Å². The van der Waals surface area contributed by atoms with Gasteiger partial charge in [-0.3, -0.25) is 0 Å². The minimum absolute atomic E-state index is 0.209. The van der Waals surface area contributed by atoms with E-state index >= 15 is 0 Å². The predicted molar refractivity (Wildman–Crippen MR) is 122 cm³/mol. The zero-order chi connectivity index (χ0) is 20.7. The molecule has 0 aromatic rings. The molecule has 5 atom stereocenters. The molecular formula is C26H45NO2. The van der Waals surface area contributed by atoms with E-state index < -0.39 is 5.60 Å². The van der Waals surface area contributed by atoms with E-state index in [2.05, 4.69) is 30.1 Å². The number of hydrogen-bond donors (Lipinski definition) is 2. The molecule has 1 saturated heterocycles. The fourth-order valence-electron chi connectivity index (χ4n) is 5.80. The largest absolute Gasteiger partial charge is 0.392 e. The highest BCUT2D eigenvalue weighted by molar-refractivity contribution is 5.20. The summed E-state index contributed by atoms with van der Waals surface area (Å²) >= 11 is 0. The van der Waals surface area contributed by atoms with Gasteiger partial charge < -0.3 is 15.1 Å². The second-order valence-corrected chi connectivity index (χ2v) is 10.3. The lowest BCUT2D eigenvalue weighted by Gasteiger charge is -2.26. The SMILES string of the molecule is CCCC[C@](C)(O)CC=C[C@@H]1[C@H]2CC(CCCCN3CCCCC3)=C[C@H]2C[C@H]1O. The van der Waals surface area contributed by atoms with Crippen LogP contribution in [0.1, 0.15) is 90.9 Å². The molecular weight excluding hydrogens is 358 g/mol. The zero-order valence-corrected chi connectivity index (χ0v) is 19.0. The van der Waals surface area contributed by atoms with Crippen molar-refractivity contribution in [1.29, 1.82) is 0 Å². The van der Waals surface area contributed by atoms with Gasteiger partial charge in [0.2, 0.25) is 0 Å². The Hall–Kier alpha value is -0.640. The fraction of sp³-hybridized carbons (Fsp3) is 0.846. The van der Waals surface area contributed by atoms with Crippen molar-refractivity contribution in [2.24, 2.45) is 17.8 Å². The maximum Gasteiger partial charge on any atom is 0.0654 e. The van der Waals surface area contributed by atoms with Crippen LogP contribution in [0.5, 0.6) is 0 Å². The van der Waals surface area contributed by atoms with Crippen LogP contribution in [0.25, 0.3) is 0 Å². The van der Waals surface area contributed by atoms with Crippen LogP contribution in [0.3, 0.4) is 0 Å². The van der Waals surface area contributed by atoms with Crippen LogP contribution in [-0.2, 0) is 0 Å². The topological polar surface area (TPSA) is 43.7 Å². The highest BCUT2D eigenvalue weighted by atomic mass is 16.3. The second-order valence-electron chi connectivity index (χ2n) is 10.3. The Morgan fingerprint density at radius 3 is 2.72 bits per heavy atom. The summed E-state index contributed by atoms with van der Waals surface area (Å²) < 4.78 is 0. The molecule has 3 heteroatoms. The normalized spacial score (nSPS) is 32.5. The van der Waals surface area contributed by atoms with Gasteiger partial charge >= 0.3 is 0 Å². The van der Waals surface area contributed by atoms with Crippen LogP contribution < -0.4 is 0 Å². The first-order valence-electron chi connectivity index (χ1n) is 12.5. The Kier molecular flexibility index (Phi) is 8.83. The van der Waals surface area contributed by atoms with Gasteiger partial charge in [-0.1, -0.05) is 50.0 Å². The van der Waals surface area contributed by atoms with E-state index in [9.17, 15) is 10.2 Å². The fourth-order valence-corrected chi connectivity index (χ4v) is 5.80. The van der Waals surface area contributed by atoms with Crippen LogP contribution in [0.4, 0.5) is 0 Å². The standard InChI is InChI=1S/C26H45NO2/c1-3-4-13-26(2,29)14-10-12-23-24-19-21(18-22(24)20-25(23)28)11-6-9-17-27-15-7-5-8-16-27/h10,12,18,22-25,28-29H,3-9,11,13-17,19-20H2,1-2H3/t22-,23+,24-,25+,26-/m0/s1. The average molecular weight is 404 g/mol. The number of aliphatic hydroxyl groups excluding tert-OH is 1. The molecule has 2 N–H and O–H groups in total. The van der Waals surface area contributed by atoms with Crippen molar-refractivity contribution in [3.8, 4) is 0 Å². The van der Waals surface area contributed by atoms with Gasteiger partial charge in [-0.15, -0.1) is 0 Å². The minimum Gasteiger partial charge on any atom is -0.392 e. The van der Waals surface area contributed by atoms with Crippen molar-refractivity contribution in [2.75, 3.05) is 19.6 Å². The highest BCUT2D eigenvalue weighted by Gasteiger charge is 2.43. The number of fused-ring (bicyclic) bond motifs is 1. The number of allylic oxidation sites excluding steroid dienone is 2. The van der Waals surface area contributed by atoms with E-state index in [1.54, 1.807) is 5.57 Å². The van der Waals surface area contributed by atoms with Gasteiger partial charge in [-0.05, 0) is 96.2 Å². The number of likely N-dealkylation sites (tertiary alicyclic amines) is 1. The molecule has 0 spiro atoms. The molecule has 1 saturated carbocycles. The molecule has 0 radical (unpaired) electrons. The third-order valence-corrected chi connectivity index (χ3v) is 7.61. The highest BCUT2D eigenvalue weighted by Crippen LogP contribution is 2.48. The Labute approximate surface area is 179 Å². The lowest BCUT2D eigenvalue weighted by Crippen LogP contribution is -2.30. The lowest BCUT2D eigenvalue weighted by atomic mass is 9.87. The molecule has 29 heavy (non-hydrogen) atoms. The van der Waals surface area contributed by atoms with E-state index in [0.29, 0.717) is 18.3 Å². The summed E-state index contributed by atoms with van der Waals surface area (Å²) in [6.07, 6.45) is 20.6. The molecule has 3 aliphatic rings. The molecule has 1 aliphatic heterocycles. The Balaban J connectivity index is 1.40. The summed E-state index contributed by atoms with van der Waals surface area (Å²) in [4.78, 5) is 2.65. The Bertz CT molecular complexity index is 547. The molecule has 0 unspecified atom stereocenters. The van der Waals surface area contributed by atoms with Crippen molar-refractivity contribution in [3.05, 3.63) is 23.8 Å². The first kappa shape index (κ1) is 23.0. The summed E-state index contributed by atoms with van der Waals surface area (Å²) in [6.45, 7) is 8.01. The lowest BCUT2D eigenvalue weighted by molar-refractivity contribution is 0.0513. The summed E-state index contributed by atoms with van der Waals surface area (Å²) in [7, 11) is 0.